The number of anilines is 2. The van der Waals surface area contributed by atoms with Gasteiger partial charge in [-0.1, -0.05) is 11.6 Å². The average Bonchev–Trinajstić information content (AvgIpc) is 2.56. The predicted molar refractivity (Wildman–Crippen MR) is 71.1 cm³/mol. The Balaban J connectivity index is 2.10. The van der Waals surface area contributed by atoms with Gasteiger partial charge in [0.15, 0.2) is 0 Å². The van der Waals surface area contributed by atoms with Crippen LogP contribution in [0.3, 0.4) is 0 Å². The zero-order chi connectivity index (χ0) is 12.4. The highest BCUT2D eigenvalue weighted by molar-refractivity contribution is 6.33. The minimum Gasteiger partial charge on any atom is -0.399 e. The molecule has 0 aliphatic carbocycles. The number of nitrogens with one attached hydrogen (secondary N) is 1. The van der Waals surface area contributed by atoms with Crippen LogP contribution in [0.1, 0.15) is 11.3 Å². The van der Waals surface area contributed by atoms with E-state index >= 15 is 0 Å². The largest absolute Gasteiger partial charge is 0.399 e. The average molecular weight is 251 g/mol. The van der Waals surface area contributed by atoms with Crippen LogP contribution in [0.2, 0.25) is 5.02 Å². The van der Waals surface area contributed by atoms with Crippen LogP contribution in [0.4, 0.5) is 11.4 Å². The normalized spacial score (nSPS) is 10.5. The van der Waals surface area contributed by atoms with Crippen LogP contribution in [-0.4, -0.2) is 9.78 Å². The second-order valence-electron chi connectivity index (χ2n) is 4.01. The summed E-state index contributed by atoms with van der Waals surface area (Å²) in [4.78, 5) is 0. The molecule has 0 aliphatic heterocycles. The third kappa shape index (κ3) is 2.71. The number of aromatic nitrogens is 2. The van der Waals surface area contributed by atoms with Gasteiger partial charge >= 0.3 is 0 Å². The highest BCUT2D eigenvalue weighted by Crippen LogP contribution is 2.24. The van der Waals surface area contributed by atoms with Crippen molar-refractivity contribution in [2.24, 2.45) is 7.05 Å². The van der Waals surface area contributed by atoms with Gasteiger partial charge in [0.2, 0.25) is 0 Å². The first-order valence-electron chi connectivity index (χ1n) is 5.34. The highest BCUT2D eigenvalue weighted by atomic mass is 35.5. The number of aryl methyl sites for hydroxylation is 2. The number of halogens is 1. The molecule has 0 fully saturated rings. The Kier molecular flexibility index (Phi) is 3.24. The van der Waals surface area contributed by atoms with E-state index in [0.29, 0.717) is 17.3 Å². The molecule has 2 rings (SSSR count). The van der Waals surface area contributed by atoms with Gasteiger partial charge in [0.1, 0.15) is 0 Å². The van der Waals surface area contributed by atoms with Crippen LogP contribution in [0.15, 0.2) is 24.4 Å². The second kappa shape index (κ2) is 4.67. The minimum absolute atomic E-state index is 0.631. The number of hydrogen-bond acceptors (Lipinski definition) is 3. The molecular formula is C12H15ClN4. The molecule has 90 valence electrons. The van der Waals surface area contributed by atoms with Crippen molar-refractivity contribution in [3.63, 3.8) is 0 Å². The van der Waals surface area contributed by atoms with E-state index in [1.165, 1.54) is 0 Å². The summed E-state index contributed by atoms with van der Waals surface area (Å²) in [5.74, 6) is 0. The SMILES string of the molecule is Cc1nn(C)cc1CNc1ccc(N)cc1Cl. The summed E-state index contributed by atoms with van der Waals surface area (Å²) in [5.41, 5.74) is 9.35. The van der Waals surface area contributed by atoms with Gasteiger partial charge in [-0.2, -0.15) is 5.10 Å². The van der Waals surface area contributed by atoms with Crippen molar-refractivity contribution in [3.05, 3.63) is 40.7 Å². The Morgan fingerprint density at radius 3 is 2.82 bits per heavy atom. The molecule has 17 heavy (non-hydrogen) atoms. The molecule has 2 aromatic rings. The molecule has 1 aromatic heterocycles. The first-order chi connectivity index (χ1) is 8.06. The third-order valence-corrected chi connectivity index (χ3v) is 2.89. The number of nitrogens with two attached hydrogens (primary N) is 1. The lowest BCUT2D eigenvalue weighted by Gasteiger charge is -2.08. The summed E-state index contributed by atoms with van der Waals surface area (Å²) >= 11 is 6.08. The summed E-state index contributed by atoms with van der Waals surface area (Å²) in [6.45, 7) is 2.69. The zero-order valence-electron chi connectivity index (χ0n) is 9.87. The predicted octanol–water partition coefficient (Wildman–Crippen LogP) is 2.58. The smallest absolute Gasteiger partial charge is 0.0658 e. The van der Waals surface area contributed by atoms with Crippen molar-refractivity contribution in [1.29, 1.82) is 0 Å². The molecule has 0 aliphatic rings. The maximum Gasteiger partial charge on any atom is 0.0658 e. The first kappa shape index (κ1) is 11.8. The van der Waals surface area contributed by atoms with Crippen molar-refractivity contribution < 1.29 is 0 Å². The van der Waals surface area contributed by atoms with Crippen molar-refractivity contribution in [3.8, 4) is 0 Å². The van der Waals surface area contributed by atoms with Crippen LogP contribution in [0, 0.1) is 6.92 Å². The molecule has 3 N–H and O–H groups in total. The number of benzene rings is 1. The molecule has 0 atom stereocenters. The molecule has 0 radical (unpaired) electrons. The first-order valence-corrected chi connectivity index (χ1v) is 5.72. The van der Waals surface area contributed by atoms with E-state index in [4.69, 9.17) is 17.3 Å². The maximum atomic E-state index is 6.08. The fourth-order valence-electron chi connectivity index (χ4n) is 1.69. The van der Waals surface area contributed by atoms with Crippen molar-refractivity contribution in [2.75, 3.05) is 11.1 Å². The van der Waals surface area contributed by atoms with E-state index in [1.807, 2.05) is 32.3 Å². The van der Waals surface area contributed by atoms with Crippen molar-refractivity contribution in [2.45, 2.75) is 13.5 Å². The molecule has 1 heterocycles. The number of nitrogens with zero attached hydrogens (tertiary/aromatic N) is 2. The molecule has 0 saturated heterocycles. The number of nitrogen functional groups attached to an aromatic ring is 1. The molecule has 0 spiro atoms. The summed E-state index contributed by atoms with van der Waals surface area (Å²) in [6, 6.07) is 5.44. The van der Waals surface area contributed by atoms with Gasteiger partial charge in [-0.3, -0.25) is 4.68 Å². The van der Waals surface area contributed by atoms with Crippen molar-refractivity contribution in [1.82, 2.24) is 9.78 Å². The monoisotopic (exact) mass is 250 g/mol. The van der Waals surface area contributed by atoms with Crippen molar-refractivity contribution >= 4 is 23.0 Å². The van der Waals surface area contributed by atoms with Crippen LogP contribution < -0.4 is 11.1 Å². The van der Waals surface area contributed by atoms with Gasteiger partial charge in [0.05, 0.1) is 16.4 Å². The Hall–Kier alpha value is -1.68. The summed E-state index contributed by atoms with van der Waals surface area (Å²) in [6.07, 6.45) is 1.99. The summed E-state index contributed by atoms with van der Waals surface area (Å²) in [5, 5.41) is 8.18. The molecule has 0 unspecified atom stereocenters. The molecule has 0 amide bonds. The molecular weight excluding hydrogens is 236 g/mol. The highest BCUT2D eigenvalue weighted by Gasteiger charge is 2.04. The van der Waals surface area contributed by atoms with Crippen LogP contribution in [0.25, 0.3) is 0 Å². The van der Waals surface area contributed by atoms with E-state index in [9.17, 15) is 0 Å². The summed E-state index contributed by atoms with van der Waals surface area (Å²) in [7, 11) is 1.91. The topological polar surface area (TPSA) is 55.9 Å². The Labute approximate surface area is 105 Å². The Bertz CT molecular complexity index is 533. The van der Waals surface area contributed by atoms with E-state index in [0.717, 1.165) is 16.9 Å². The molecule has 4 nitrogen and oxygen atoms in total. The van der Waals surface area contributed by atoms with Crippen LogP contribution in [0.5, 0.6) is 0 Å². The maximum absolute atomic E-state index is 6.08. The standard InChI is InChI=1S/C12H15ClN4/c1-8-9(7-17(2)16-8)6-15-12-4-3-10(14)5-11(12)13/h3-5,7,15H,6,14H2,1-2H3. The molecule has 0 bridgehead atoms. The lowest BCUT2D eigenvalue weighted by Crippen LogP contribution is -2.00. The fraction of sp³-hybridized carbons (Fsp3) is 0.250. The Morgan fingerprint density at radius 2 is 2.24 bits per heavy atom. The number of hydrogen-bond donors (Lipinski definition) is 2. The van der Waals surface area contributed by atoms with Gasteiger partial charge in [-0.25, -0.2) is 0 Å². The minimum atomic E-state index is 0.631. The molecule has 0 saturated carbocycles. The van der Waals surface area contributed by atoms with Gasteiger partial charge in [0.25, 0.3) is 0 Å². The van der Waals surface area contributed by atoms with Crippen LogP contribution >= 0.6 is 11.6 Å². The van der Waals surface area contributed by atoms with Gasteiger partial charge in [-0.05, 0) is 25.1 Å². The van der Waals surface area contributed by atoms with E-state index < -0.39 is 0 Å². The molecule has 5 heteroatoms. The van der Waals surface area contributed by atoms with Crippen LogP contribution in [-0.2, 0) is 13.6 Å². The fourth-order valence-corrected chi connectivity index (χ4v) is 1.94. The molecule has 1 aromatic carbocycles. The lowest BCUT2D eigenvalue weighted by atomic mass is 10.2. The van der Waals surface area contributed by atoms with E-state index in [-0.39, 0.29) is 0 Å². The van der Waals surface area contributed by atoms with Gasteiger partial charge < -0.3 is 11.1 Å². The summed E-state index contributed by atoms with van der Waals surface area (Å²) < 4.78 is 1.80. The third-order valence-electron chi connectivity index (χ3n) is 2.58. The van der Waals surface area contributed by atoms with Gasteiger partial charge in [-0.15, -0.1) is 0 Å². The van der Waals surface area contributed by atoms with E-state index in [1.54, 1.807) is 10.7 Å². The van der Waals surface area contributed by atoms with Gasteiger partial charge in [0, 0.05) is 31.0 Å². The lowest BCUT2D eigenvalue weighted by molar-refractivity contribution is 0.756. The van der Waals surface area contributed by atoms with E-state index in [2.05, 4.69) is 10.4 Å². The second-order valence-corrected chi connectivity index (χ2v) is 4.41. The zero-order valence-corrected chi connectivity index (χ0v) is 10.6. The quantitative estimate of drug-likeness (QED) is 0.824. The Morgan fingerprint density at radius 1 is 1.47 bits per heavy atom. The number of rotatable bonds is 3.